The average molecular weight is 283 g/mol. The van der Waals surface area contributed by atoms with E-state index in [4.69, 9.17) is 21.1 Å². The Bertz CT molecular complexity index is 511. The van der Waals surface area contributed by atoms with Crippen LogP contribution >= 0.6 is 22.9 Å². The molecule has 0 spiro atoms. The monoisotopic (exact) mass is 282 g/mol. The van der Waals surface area contributed by atoms with Crippen LogP contribution in [0.15, 0.2) is 41.8 Å². The molecule has 0 N–H and O–H groups in total. The van der Waals surface area contributed by atoms with Crippen molar-refractivity contribution >= 4 is 28.9 Å². The molecule has 0 saturated heterocycles. The maximum Gasteiger partial charge on any atom is 0.353 e. The summed E-state index contributed by atoms with van der Waals surface area (Å²) in [6.45, 7) is 0.370. The lowest BCUT2D eigenvalue weighted by Crippen LogP contribution is -2.08. The molecule has 0 fully saturated rings. The van der Waals surface area contributed by atoms with Gasteiger partial charge < -0.3 is 9.47 Å². The first kappa shape index (κ1) is 12.9. The minimum Gasteiger partial charge on any atom is -0.488 e. The molecular weight excluding hydrogens is 272 g/mol. The summed E-state index contributed by atoms with van der Waals surface area (Å²) in [6.07, 6.45) is 0. The van der Waals surface area contributed by atoms with Crippen molar-refractivity contribution < 1.29 is 14.3 Å². The number of thiophene rings is 1. The maximum absolute atomic E-state index is 11.8. The number of para-hydroxylation sites is 2. The zero-order valence-electron chi connectivity index (χ0n) is 9.47. The highest BCUT2D eigenvalue weighted by atomic mass is 35.5. The molecule has 0 unspecified atom stereocenters. The third kappa shape index (κ3) is 3.24. The smallest absolute Gasteiger partial charge is 0.353 e. The molecule has 0 atom stereocenters. The first-order valence-electron chi connectivity index (χ1n) is 5.34. The number of carbonyl (C=O) groups is 1. The Balaban J connectivity index is 2.11. The molecule has 0 aliphatic rings. The number of rotatable bonds is 5. The van der Waals surface area contributed by atoms with Gasteiger partial charge in [0.25, 0.3) is 0 Å². The van der Waals surface area contributed by atoms with Gasteiger partial charge in [0.2, 0.25) is 0 Å². The third-order valence-corrected chi connectivity index (χ3v) is 3.11. The van der Waals surface area contributed by atoms with Crippen molar-refractivity contribution in [3.05, 3.63) is 46.7 Å². The number of ether oxygens (including phenoxy) is 2. The van der Waals surface area contributed by atoms with Crippen LogP contribution in [0, 0.1) is 0 Å². The van der Waals surface area contributed by atoms with Crippen LogP contribution in [0.2, 0.25) is 0 Å². The number of alkyl halides is 1. The summed E-state index contributed by atoms with van der Waals surface area (Å²) in [5.41, 5.74) is 0. The van der Waals surface area contributed by atoms with Gasteiger partial charge in [-0.1, -0.05) is 18.2 Å². The second kappa shape index (κ2) is 6.42. The largest absolute Gasteiger partial charge is 0.488 e. The average Bonchev–Trinajstić information content (AvgIpc) is 2.91. The molecule has 0 saturated carbocycles. The molecule has 1 aromatic heterocycles. The lowest BCUT2D eigenvalue weighted by Gasteiger charge is -2.09. The van der Waals surface area contributed by atoms with E-state index >= 15 is 0 Å². The van der Waals surface area contributed by atoms with Gasteiger partial charge in [-0.15, -0.1) is 22.9 Å². The minimum absolute atomic E-state index is 0.370. The highest BCUT2D eigenvalue weighted by Crippen LogP contribution is 2.27. The quantitative estimate of drug-likeness (QED) is 0.478. The summed E-state index contributed by atoms with van der Waals surface area (Å²) < 4.78 is 10.7. The first-order chi connectivity index (χ1) is 8.81. The van der Waals surface area contributed by atoms with Crippen molar-refractivity contribution in [2.45, 2.75) is 0 Å². The van der Waals surface area contributed by atoms with Crippen LogP contribution in [0.5, 0.6) is 11.5 Å². The molecule has 1 aromatic carbocycles. The standard InChI is InChI=1S/C13H11ClO3S/c14-7-8-16-10-4-1-2-5-11(10)17-13(15)12-6-3-9-18-12/h1-6,9H,7-8H2. The van der Waals surface area contributed by atoms with Gasteiger partial charge in [0.15, 0.2) is 11.5 Å². The number of benzene rings is 1. The number of hydrogen-bond acceptors (Lipinski definition) is 4. The van der Waals surface area contributed by atoms with Gasteiger partial charge in [-0.05, 0) is 23.6 Å². The van der Waals surface area contributed by atoms with Crippen molar-refractivity contribution in [3.8, 4) is 11.5 Å². The van der Waals surface area contributed by atoms with Crippen LogP contribution in [-0.4, -0.2) is 18.5 Å². The molecular formula is C13H11ClO3S. The van der Waals surface area contributed by atoms with Gasteiger partial charge in [0, 0.05) is 0 Å². The Morgan fingerprint density at radius 2 is 1.94 bits per heavy atom. The maximum atomic E-state index is 11.8. The van der Waals surface area contributed by atoms with E-state index in [1.165, 1.54) is 11.3 Å². The van der Waals surface area contributed by atoms with Crippen molar-refractivity contribution in [2.24, 2.45) is 0 Å². The molecule has 2 aromatic rings. The predicted octanol–water partition coefficient (Wildman–Crippen LogP) is 3.58. The molecule has 0 radical (unpaired) electrons. The van der Waals surface area contributed by atoms with E-state index in [2.05, 4.69) is 0 Å². The highest BCUT2D eigenvalue weighted by Gasteiger charge is 2.12. The van der Waals surface area contributed by atoms with Gasteiger partial charge in [-0.2, -0.15) is 0 Å². The lowest BCUT2D eigenvalue weighted by molar-refractivity contribution is 0.0733. The normalized spacial score (nSPS) is 10.1. The van der Waals surface area contributed by atoms with E-state index in [9.17, 15) is 4.79 Å². The van der Waals surface area contributed by atoms with E-state index in [-0.39, 0.29) is 5.97 Å². The predicted molar refractivity (Wildman–Crippen MR) is 71.9 cm³/mol. The summed E-state index contributed by atoms with van der Waals surface area (Å²) in [5.74, 6) is 0.920. The third-order valence-electron chi connectivity index (χ3n) is 2.11. The molecule has 3 nitrogen and oxygen atoms in total. The number of carbonyl (C=O) groups excluding carboxylic acids is 1. The minimum atomic E-state index is -0.382. The van der Waals surface area contributed by atoms with Gasteiger partial charge >= 0.3 is 5.97 Å². The Kier molecular flexibility index (Phi) is 4.61. The summed E-state index contributed by atoms with van der Waals surface area (Å²) in [4.78, 5) is 12.4. The van der Waals surface area contributed by atoms with Crippen LogP contribution in [0.4, 0.5) is 0 Å². The fraction of sp³-hybridized carbons (Fsp3) is 0.154. The summed E-state index contributed by atoms with van der Waals surface area (Å²) in [7, 11) is 0. The molecule has 0 aliphatic carbocycles. The van der Waals surface area contributed by atoms with Crippen LogP contribution in [0.3, 0.4) is 0 Å². The Morgan fingerprint density at radius 1 is 1.17 bits per heavy atom. The Hall–Kier alpha value is -1.52. The van der Waals surface area contributed by atoms with Crippen molar-refractivity contribution in [1.29, 1.82) is 0 Å². The van der Waals surface area contributed by atoms with Crippen LogP contribution in [-0.2, 0) is 0 Å². The molecule has 0 bridgehead atoms. The zero-order chi connectivity index (χ0) is 12.8. The number of halogens is 1. The Labute approximate surface area is 114 Å². The topological polar surface area (TPSA) is 35.5 Å². The number of hydrogen-bond donors (Lipinski definition) is 0. The van der Waals surface area contributed by atoms with Crippen LogP contribution < -0.4 is 9.47 Å². The second-order valence-electron chi connectivity index (χ2n) is 3.35. The second-order valence-corrected chi connectivity index (χ2v) is 4.68. The van der Waals surface area contributed by atoms with E-state index in [1.807, 2.05) is 11.4 Å². The fourth-order valence-corrected chi connectivity index (χ4v) is 2.02. The SMILES string of the molecule is O=C(Oc1ccccc1OCCCl)c1cccs1. The van der Waals surface area contributed by atoms with Gasteiger partial charge in [0.05, 0.1) is 5.88 Å². The van der Waals surface area contributed by atoms with Crippen LogP contribution in [0.25, 0.3) is 0 Å². The van der Waals surface area contributed by atoms with Crippen LogP contribution in [0.1, 0.15) is 9.67 Å². The molecule has 18 heavy (non-hydrogen) atoms. The first-order valence-corrected chi connectivity index (χ1v) is 6.76. The van der Waals surface area contributed by atoms with E-state index in [1.54, 1.807) is 30.3 Å². The molecule has 1 heterocycles. The molecule has 5 heteroatoms. The summed E-state index contributed by atoms with van der Waals surface area (Å²) in [6, 6.07) is 10.5. The van der Waals surface area contributed by atoms with Gasteiger partial charge in [-0.3, -0.25) is 0 Å². The molecule has 94 valence electrons. The lowest BCUT2D eigenvalue weighted by atomic mass is 10.3. The summed E-state index contributed by atoms with van der Waals surface area (Å²) in [5, 5.41) is 1.83. The van der Waals surface area contributed by atoms with Crippen molar-refractivity contribution in [3.63, 3.8) is 0 Å². The van der Waals surface area contributed by atoms with E-state index in [0.29, 0.717) is 28.9 Å². The summed E-state index contributed by atoms with van der Waals surface area (Å²) >= 11 is 6.90. The van der Waals surface area contributed by atoms with E-state index in [0.717, 1.165) is 0 Å². The number of esters is 1. The fourth-order valence-electron chi connectivity index (χ4n) is 1.35. The highest BCUT2D eigenvalue weighted by molar-refractivity contribution is 7.12. The Morgan fingerprint density at radius 3 is 2.61 bits per heavy atom. The molecule has 0 amide bonds. The van der Waals surface area contributed by atoms with Crippen molar-refractivity contribution in [1.82, 2.24) is 0 Å². The van der Waals surface area contributed by atoms with Gasteiger partial charge in [0.1, 0.15) is 11.5 Å². The zero-order valence-corrected chi connectivity index (χ0v) is 11.0. The molecule has 2 rings (SSSR count). The van der Waals surface area contributed by atoms with Gasteiger partial charge in [-0.25, -0.2) is 4.79 Å². The van der Waals surface area contributed by atoms with Crippen molar-refractivity contribution in [2.75, 3.05) is 12.5 Å². The van der Waals surface area contributed by atoms with E-state index < -0.39 is 0 Å². The molecule has 0 aliphatic heterocycles.